The van der Waals surface area contributed by atoms with Crippen LogP contribution < -0.4 is 4.90 Å². The van der Waals surface area contributed by atoms with E-state index in [-0.39, 0.29) is 35.8 Å². The lowest BCUT2D eigenvalue weighted by Crippen LogP contribution is -2.31. The van der Waals surface area contributed by atoms with Crippen molar-refractivity contribution in [3.8, 4) is 0 Å². The van der Waals surface area contributed by atoms with Crippen LogP contribution in [-0.2, 0) is 25.7 Å². The molecule has 0 unspecified atom stereocenters. The Kier molecular flexibility index (Phi) is 6.16. The first kappa shape index (κ1) is 21.5. The Hall–Kier alpha value is -3.74. The van der Waals surface area contributed by atoms with Crippen molar-refractivity contribution in [2.75, 3.05) is 11.5 Å². The number of ether oxygens (including phenoxy) is 2. The standard InChI is InChI=1S/C25H23NO6/c1-2-31-24(29)17-12-10-16(11-13-17)15-32-25(30)18-6-5-7-19(14-18)26-22(27)20-8-3-4-9-21(20)23(26)28/h3-7,10-14,20-21H,2,8-9,15H2,1H3/t20-,21-/m0/s1. The van der Waals surface area contributed by atoms with Gasteiger partial charge in [0, 0.05) is 0 Å². The molecule has 2 aliphatic rings. The van der Waals surface area contributed by atoms with Crippen molar-refractivity contribution >= 4 is 29.4 Å². The quantitative estimate of drug-likeness (QED) is 0.392. The second-order valence-electron chi connectivity index (χ2n) is 7.71. The fourth-order valence-electron chi connectivity index (χ4n) is 4.01. The molecule has 1 saturated heterocycles. The van der Waals surface area contributed by atoms with Crippen LogP contribution in [0.3, 0.4) is 0 Å². The van der Waals surface area contributed by atoms with Gasteiger partial charge in [0.2, 0.25) is 11.8 Å². The number of amides is 2. The Morgan fingerprint density at radius 3 is 2.12 bits per heavy atom. The third-order valence-corrected chi connectivity index (χ3v) is 5.68. The van der Waals surface area contributed by atoms with Crippen LogP contribution in [0.1, 0.15) is 46.0 Å². The van der Waals surface area contributed by atoms with Gasteiger partial charge in [-0.1, -0.05) is 30.4 Å². The van der Waals surface area contributed by atoms with Gasteiger partial charge in [-0.3, -0.25) is 14.5 Å². The molecular formula is C25H23NO6. The number of rotatable bonds is 6. The largest absolute Gasteiger partial charge is 0.462 e. The molecular weight excluding hydrogens is 410 g/mol. The molecule has 7 heteroatoms. The molecule has 0 saturated carbocycles. The predicted molar refractivity (Wildman–Crippen MR) is 116 cm³/mol. The summed E-state index contributed by atoms with van der Waals surface area (Å²) in [5, 5.41) is 0. The van der Waals surface area contributed by atoms with E-state index in [2.05, 4.69) is 0 Å². The van der Waals surface area contributed by atoms with Crippen molar-refractivity contribution in [3.63, 3.8) is 0 Å². The Morgan fingerprint density at radius 1 is 0.875 bits per heavy atom. The van der Waals surface area contributed by atoms with Gasteiger partial charge < -0.3 is 9.47 Å². The maximum atomic E-state index is 12.8. The van der Waals surface area contributed by atoms with E-state index < -0.39 is 11.9 Å². The molecule has 2 atom stereocenters. The fraction of sp³-hybridized carbons (Fsp3) is 0.280. The SMILES string of the molecule is CCOC(=O)c1ccc(COC(=O)c2cccc(N3C(=O)[C@H]4CC=CC[C@@H]4C3=O)c2)cc1. The second kappa shape index (κ2) is 9.18. The van der Waals surface area contributed by atoms with Gasteiger partial charge in [-0.05, 0) is 55.7 Å². The van der Waals surface area contributed by atoms with E-state index in [1.807, 2.05) is 12.2 Å². The highest BCUT2D eigenvalue weighted by molar-refractivity contribution is 6.22. The van der Waals surface area contributed by atoms with E-state index in [0.29, 0.717) is 36.3 Å². The summed E-state index contributed by atoms with van der Waals surface area (Å²) in [7, 11) is 0. The molecule has 0 bridgehead atoms. The van der Waals surface area contributed by atoms with Crippen LogP contribution in [-0.4, -0.2) is 30.4 Å². The minimum Gasteiger partial charge on any atom is -0.462 e. The van der Waals surface area contributed by atoms with Crippen molar-refractivity contribution in [3.05, 3.63) is 77.4 Å². The first-order valence-corrected chi connectivity index (χ1v) is 10.6. The van der Waals surface area contributed by atoms with E-state index in [0.717, 1.165) is 0 Å². The summed E-state index contributed by atoms with van der Waals surface area (Å²) in [6.07, 6.45) is 4.98. The number of anilines is 1. The monoisotopic (exact) mass is 433 g/mol. The van der Waals surface area contributed by atoms with Crippen LogP contribution in [0.25, 0.3) is 0 Å². The molecule has 0 N–H and O–H groups in total. The Bertz CT molecular complexity index is 1060. The minimum absolute atomic E-state index is 0.0174. The molecule has 2 aromatic rings. The molecule has 164 valence electrons. The van der Waals surface area contributed by atoms with Gasteiger partial charge in [-0.15, -0.1) is 0 Å². The van der Waals surface area contributed by atoms with Crippen LogP contribution in [0, 0.1) is 11.8 Å². The third-order valence-electron chi connectivity index (χ3n) is 5.68. The average molecular weight is 433 g/mol. The minimum atomic E-state index is -0.570. The number of esters is 2. The number of carbonyl (C=O) groups is 4. The molecule has 1 heterocycles. The lowest BCUT2D eigenvalue weighted by atomic mass is 9.85. The molecule has 0 spiro atoms. The van der Waals surface area contributed by atoms with Crippen LogP contribution >= 0.6 is 0 Å². The van der Waals surface area contributed by atoms with Gasteiger partial charge in [0.1, 0.15) is 6.61 Å². The highest BCUT2D eigenvalue weighted by Gasteiger charge is 2.47. The highest BCUT2D eigenvalue weighted by atomic mass is 16.5. The summed E-state index contributed by atoms with van der Waals surface area (Å²) in [4.78, 5) is 51.0. The number of nitrogens with zero attached hydrogens (tertiary/aromatic N) is 1. The van der Waals surface area contributed by atoms with Crippen LogP contribution in [0.15, 0.2) is 60.7 Å². The summed E-state index contributed by atoms with van der Waals surface area (Å²) >= 11 is 0. The molecule has 4 rings (SSSR count). The highest BCUT2D eigenvalue weighted by Crippen LogP contribution is 2.37. The van der Waals surface area contributed by atoms with Crippen LogP contribution in [0.2, 0.25) is 0 Å². The zero-order valence-corrected chi connectivity index (χ0v) is 17.7. The molecule has 2 amide bonds. The topological polar surface area (TPSA) is 90.0 Å². The van der Waals surface area contributed by atoms with E-state index >= 15 is 0 Å². The number of benzene rings is 2. The number of hydrogen-bond donors (Lipinski definition) is 0. The summed E-state index contributed by atoms with van der Waals surface area (Å²) in [5.41, 5.74) is 1.76. The molecule has 1 aliphatic heterocycles. The lowest BCUT2D eigenvalue weighted by Gasteiger charge is -2.15. The van der Waals surface area contributed by atoms with Crippen LogP contribution in [0.5, 0.6) is 0 Å². The summed E-state index contributed by atoms with van der Waals surface area (Å²) < 4.78 is 10.3. The smallest absolute Gasteiger partial charge is 0.338 e. The second-order valence-corrected chi connectivity index (χ2v) is 7.71. The van der Waals surface area contributed by atoms with Gasteiger partial charge in [0.25, 0.3) is 0 Å². The summed E-state index contributed by atoms with van der Waals surface area (Å²) in [6, 6.07) is 13.0. The van der Waals surface area contributed by atoms with E-state index in [4.69, 9.17) is 9.47 Å². The number of imide groups is 1. The molecule has 7 nitrogen and oxygen atoms in total. The van der Waals surface area contributed by atoms with Gasteiger partial charge in [0.15, 0.2) is 0 Å². The van der Waals surface area contributed by atoms with Crippen molar-refractivity contribution in [1.82, 2.24) is 0 Å². The van der Waals surface area contributed by atoms with Gasteiger partial charge in [-0.2, -0.15) is 0 Å². The van der Waals surface area contributed by atoms with Crippen molar-refractivity contribution in [1.29, 1.82) is 0 Å². The van der Waals surface area contributed by atoms with E-state index in [1.165, 1.54) is 11.0 Å². The first-order valence-electron chi connectivity index (χ1n) is 10.6. The molecule has 2 aromatic carbocycles. The van der Waals surface area contributed by atoms with Gasteiger partial charge in [0.05, 0.1) is 35.3 Å². The summed E-state index contributed by atoms with van der Waals surface area (Å²) in [6.45, 7) is 2.05. The van der Waals surface area contributed by atoms with E-state index in [1.54, 1.807) is 49.4 Å². The Labute approximate surface area is 185 Å². The fourth-order valence-corrected chi connectivity index (χ4v) is 4.01. The maximum Gasteiger partial charge on any atom is 0.338 e. The van der Waals surface area contributed by atoms with Gasteiger partial charge >= 0.3 is 11.9 Å². The van der Waals surface area contributed by atoms with Crippen molar-refractivity contribution < 1.29 is 28.7 Å². The molecule has 1 fully saturated rings. The lowest BCUT2D eigenvalue weighted by molar-refractivity contribution is -0.122. The Morgan fingerprint density at radius 2 is 1.50 bits per heavy atom. The number of hydrogen-bond acceptors (Lipinski definition) is 6. The third kappa shape index (κ3) is 4.19. The number of allylic oxidation sites excluding steroid dienone is 2. The number of fused-ring (bicyclic) bond motifs is 1. The van der Waals surface area contributed by atoms with Crippen LogP contribution in [0.4, 0.5) is 5.69 Å². The van der Waals surface area contributed by atoms with E-state index in [9.17, 15) is 19.2 Å². The molecule has 1 aliphatic carbocycles. The molecule has 0 aromatic heterocycles. The van der Waals surface area contributed by atoms with Gasteiger partial charge in [-0.25, -0.2) is 9.59 Å². The Balaban J connectivity index is 1.42. The predicted octanol–water partition coefficient (Wildman–Crippen LogP) is 3.68. The first-order chi connectivity index (χ1) is 15.5. The zero-order chi connectivity index (χ0) is 22.7. The molecule has 0 radical (unpaired) electrons. The average Bonchev–Trinajstić information content (AvgIpc) is 3.08. The summed E-state index contributed by atoms with van der Waals surface area (Å²) in [5.74, 6) is -2.09. The van der Waals surface area contributed by atoms with Crippen molar-refractivity contribution in [2.24, 2.45) is 11.8 Å². The van der Waals surface area contributed by atoms with Crippen molar-refractivity contribution in [2.45, 2.75) is 26.4 Å². The molecule has 32 heavy (non-hydrogen) atoms. The normalized spacial score (nSPS) is 19.6. The number of carbonyl (C=O) groups excluding carboxylic acids is 4. The maximum absolute atomic E-state index is 12.8. The zero-order valence-electron chi connectivity index (χ0n) is 17.7.